The summed E-state index contributed by atoms with van der Waals surface area (Å²) in [7, 11) is -0.335. The minimum Gasteiger partial charge on any atom is -0.481 e. The number of benzene rings is 4. The molecule has 4 aromatic carbocycles. The zero-order valence-electron chi connectivity index (χ0n) is 22.1. The molecule has 204 valence electrons. The summed E-state index contributed by atoms with van der Waals surface area (Å²) >= 11 is 0. The fourth-order valence-electron chi connectivity index (χ4n) is 4.98. The zero-order valence-corrected chi connectivity index (χ0v) is 22.9. The van der Waals surface area contributed by atoms with Crippen LogP contribution in [-0.4, -0.2) is 12.6 Å². The lowest BCUT2D eigenvalue weighted by Gasteiger charge is -2.28. The maximum Gasteiger partial charge on any atom is 0.345 e. The molecule has 0 saturated heterocycles. The van der Waals surface area contributed by atoms with Crippen LogP contribution in [0.2, 0.25) is 0 Å². The molecule has 0 bridgehead atoms. The molecule has 0 aliphatic heterocycles. The molecule has 0 amide bonds. The molecule has 3 nitrogen and oxygen atoms in total. The molecule has 7 heteroatoms. The summed E-state index contributed by atoms with van der Waals surface area (Å²) in [5, 5.41) is 0. The molecule has 0 radical (unpaired) electrons. The number of rotatable bonds is 8. The molecule has 0 saturated carbocycles. The standard InChI is InChI=1S/C33H28F3O3S/c1-22-17-27(40(25-11-5-3-6-12-25)26-13-7-4-8-14-26)18-23(2)32(22)38-21-30(37)39-33(15-9-10-16-33)24-19-28(34)31(36)29(35)20-24/h3-9,11-15,17-20H,10,16,21H2,1-2H3/q+1. The first-order valence-corrected chi connectivity index (χ1v) is 14.1. The van der Waals surface area contributed by atoms with Crippen LogP contribution in [0.4, 0.5) is 13.2 Å². The van der Waals surface area contributed by atoms with Crippen LogP contribution in [0.1, 0.15) is 29.5 Å². The number of esters is 1. The molecule has 0 aromatic heterocycles. The number of hydrogen-bond acceptors (Lipinski definition) is 3. The van der Waals surface area contributed by atoms with Crippen molar-refractivity contribution in [2.45, 2.75) is 47.0 Å². The molecule has 40 heavy (non-hydrogen) atoms. The van der Waals surface area contributed by atoms with Crippen molar-refractivity contribution < 1.29 is 27.4 Å². The molecule has 5 rings (SSSR count). The van der Waals surface area contributed by atoms with E-state index in [9.17, 15) is 18.0 Å². The second-order valence-electron chi connectivity index (χ2n) is 9.67. The third kappa shape index (κ3) is 5.65. The van der Waals surface area contributed by atoms with Crippen molar-refractivity contribution in [1.82, 2.24) is 0 Å². The summed E-state index contributed by atoms with van der Waals surface area (Å²) in [6.07, 6.45) is 4.17. The van der Waals surface area contributed by atoms with Gasteiger partial charge in [-0.15, -0.1) is 0 Å². The largest absolute Gasteiger partial charge is 0.481 e. The minimum absolute atomic E-state index is 0.0385. The Hall–Kier alpha value is -3.97. The topological polar surface area (TPSA) is 35.5 Å². The molecule has 1 aliphatic carbocycles. The fraction of sp³-hybridized carbons (Fsp3) is 0.182. The van der Waals surface area contributed by atoms with Crippen LogP contribution in [0.15, 0.2) is 112 Å². The second-order valence-corrected chi connectivity index (χ2v) is 11.7. The van der Waals surface area contributed by atoms with Crippen LogP contribution in [0.3, 0.4) is 0 Å². The van der Waals surface area contributed by atoms with E-state index in [4.69, 9.17) is 9.47 Å². The number of carbonyl (C=O) groups excluding carboxylic acids is 1. The van der Waals surface area contributed by atoms with Gasteiger partial charge in [-0.1, -0.05) is 42.5 Å². The highest BCUT2D eigenvalue weighted by Gasteiger charge is 2.38. The predicted molar refractivity (Wildman–Crippen MR) is 149 cm³/mol. The van der Waals surface area contributed by atoms with Crippen molar-refractivity contribution in [3.8, 4) is 5.75 Å². The van der Waals surface area contributed by atoms with Gasteiger partial charge < -0.3 is 9.47 Å². The van der Waals surface area contributed by atoms with Crippen molar-refractivity contribution in [2.75, 3.05) is 6.61 Å². The maximum absolute atomic E-state index is 14.0. The van der Waals surface area contributed by atoms with Crippen LogP contribution in [0, 0.1) is 31.3 Å². The van der Waals surface area contributed by atoms with Crippen molar-refractivity contribution in [3.05, 3.63) is 131 Å². The average Bonchev–Trinajstić information content (AvgIpc) is 3.42. The Morgan fingerprint density at radius 3 is 1.88 bits per heavy atom. The summed E-state index contributed by atoms with van der Waals surface area (Å²) < 4.78 is 53.1. The zero-order chi connectivity index (χ0) is 28.3. The van der Waals surface area contributed by atoms with E-state index >= 15 is 0 Å². The van der Waals surface area contributed by atoms with Crippen molar-refractivity contribution in [3.63, 3.8) is 0 Å². The molecule has 1 unspecified atom stereocenters. The number of aryl methyl sites for hydroxylation is 2. The Morgan fingerprint density at radius 1 is 0.825 bits per heavy atom. The average molecular weight is 562 g/mol. The molecule has 0 spiro atoms. The Bertz CT molecular complexity index is 1470. The summed E-state index contributed by atoms with van der Waals surface area (Å²) in [5.74, 6) is -4.36. The van der Waals surface area contributed by atoms with E-state index in [2.05, 4.69) is 36.4 Å². The van der Waals surface area contributed by atoms with E-state index < -0.39 is 35.6 Å². The van der Waals surface area contributed by atoms with E-state index in [1.54, 1.807) is 12.2 Å². The van der Waals surface area contributed by atoms with Gasteiger partial charge in [0.05, 0.1) is 10.9 Å². The Morgan fingerprint density at radius 2 is 1.38 bits per heavy atom. The molecule has 0 heterocycles. The third-order valence-corrected chi connectivity index (χ3v) is 8.99. The molecule has 0 fully saturated rings. The van der Waals surface area contributed by atoms with E-state index in [-0.39, 0.29) is 22.9 Å². The number of allylic oxidation sites excluding steroid dienone is 1. The molecule has 1 atom stereocenters. The molecule has 1 aliphatic rings. The maximum atomic E-state index is 14.0. The normalized spacial score (nSPS) is 16.4. The highest BCUT2D eigenvalue weighted by Crippen LogP contribution is 2.39. The van der Waals surface area contributed by atoms with Crippen LogP contribution in [0.5, 0.6) is 5.75 Å². The smallest absolute Gasteiger partial charge is 0.345 e. The van der Waals surface area contributed by atoms with E-state index in [0.29, 0.717) is 12.2 Å². The third-order valence-electron chi connectivity index (χ3n) is 6.80. The van der Waals surface area contributed by atoms with E-state index in [1.165, 1.54) is 9.79 Å². The fourth-order valence-corrected chi connectivity index (χ4v) is 7.24. The van der Waals surface area contributed by atoms with Crippen LogP contribution >= 0.6 is 0 Å². The summed E-state index contributed by atoms with van der Waals surface area (Å²) in [5.41, 5.74) is 0.385. The monoisotopic (exact) mass is 561 g/mol. The van der Waals surface area contributed by atoms with Crippen LogP contribution in [-0.2, 0) is 26.0 Å². The van der Waals surface area contributed by atoms with Crippen molar-refractivity contribution in [2.24, 2.45) is 0 Å². The van der Waals surface area contributed by atoms with Gasteiger partial charge in [-0.2, -0.15) is 0 Å². The number of ether oxygens (including phenoxy) is 2. The first-order valence-electron chi connectivity index (χ1n) is 12.9. The lowest BCUT2D eigenvalue weighted by atomic mass is 9.92. The van der Waals surface area contributed by atoms with Crippen LogP contribution < -0.4 is 4.74 Å². The molecular formula is C33H28F3O3S+. The molecule has 4 aromatic rings. The number of halogens is 3. The lowest BCUT2D eigenvalue weighted by molar-refractivity contribution is -0.158. The van der Waals surface area contributed by atoms with Gasteiger partial charge in [0, 0.05) is 17.7 Å². The van der Waals surface area contributed by atoms with Gasteiger partial charge in [0.15, 0.2) is 44.3 Å². The summed E-state index contributed by atoms with van der Waals surface area (Å²) in [6.45, 7) is 3.46. The SMILES string of the molecule is Cc1cc([S+](c2ccccc2)c2ccccc2)cc(C)c1OCC(=O)OC1(c2cc(F)c(F)c(F)c2)C=CCC1. The van der Waals surface area contributed by atoms with Gasteiger partial charge in [-0.25, -0.2) is 18.0 Å². The molecule has 0 N–H and O–H groups in total. The van der Waals surface area contributed by atoms with Gasteiger partial charge in [0.25, 0.3) is 0 Å². The number of hydrogen-bond donors (Lipinski definition) is 0. The van der Waals surface area contributed by atoms with E-state index in [1.807, 2.05) is 50.2 Å². The van der Waals surface area contributed by atoms with Crippen molar-refractivity contribution >= 4 is 16.9 Å². The van der Waals surface area contributed by atoms with E-state index in [0.717, 1.165) is 28.2 Å². The van der Waals surface area contributed by atoms with Crippen molar-refractivity contribution in [1.29, 1.82) is 0 Å². The Labute approximate surface area is 234 Å². The molecular weight excluding hydrogens is 533 g/mol. The van der Waals surface area contributed by atoms with Gasteiger partial charge in [0.1, 0.15) is 5.75 Å². The Kier molecular flexibility index (Phi) is 8.03. The van der Waals surface area contributed by atoms with Gasteiger partial charge in [-0.3, -0.25) is 0 Å². The minimum atomic E-state index is -1.56. The van der Waals surface area contributed by atoms with Crippen LogP contribution in [0.25, 0.3) is 0 Å². The second kappa shape index (κ2) is 11.6. The lowest BCUT2D eigenvalue weighted by Crippen LogP contribution is -2.31. The summed E-state index contributed by atoms with van der Waals surface area (Å²) in [6, 6.07) is 26.5. The predicted octanol–water partition coefficient (Wildman–Crippen LogP) is 7.98. The highest BCUT2D eigenvalue weighted by molar-refractivity contribution is 7.97. The van der Waals surface area contributed by atoms with Gasteiger partial charge in [-0.05, 0) is 80.3 Å². The van der Waals surface area contributed by atoms with Gasteiger partial charge >= 0.3 is 5.97 Å². The quantitative estimate of drug-likeness (QED) is 0.0947. The summed E-state index contributed by atoms with van der Waals surface area (Å²) in [4.78, 5) is 16.4. The number of carbonyl (C=O) groups is 1. The first-order chi connectivity index (χ1) is 19.3. The first kappa shape index (κ1) is 27.6. The highest BCUT2D eigenvalue weighted by atomic mass is 32.2. The van der Waals surface area contributed by atoms with Gasteiger partial charge in [0.2, 0.25) is 0 Å². The Balaban J connectivity index is 1.36.